The lowest BCUT2D eigenvalue weighted by Crippen LogP contribution is -2.48. The van der Waals surface area contributed by atoms with Crippen LogP contribution in [0.5, 0.6) is 5.75 Å². The minimum atomic E-state index is -0.184. The van der Waals surface area contributed by atoms with Crippen LogP contribution in [-0.4, -0.2) is 71.1 Å². The van der Waals surface area contributed by atoms with E-state index in [0.717, 1.165) is 20.8 Å². The largest absolute Gasteiger partial charge is 0.497 e. The molecule has 2 aromatic heterocycles. The van der Waals surface area contributed by atoms with E-state index in [9.17, 15) is 9.59 Å². The number of aromatic nitrogens is 3. The lowest BCUT2D eigenvalue weighted by atomic mass is 10.1. The van der Waals surface area contributed by atoms with Crippen molar-refractivity contribution >= 4 is 45.9 Å². The number of thioether (sulfide) groups is 1. The Balaban J connectivity index is 1.19. The summed E-state index contributed by atoms with van der Waals surface area (Å²) in [5, 5.41) is 15.7. The average Bonchev–Trinajstić information content (AvgIpc) is 3.50. The minimum Gasteiger partial charge on any atom is -0.497 e. The first kappa shape index (κ1) is 24.0. The molecule has 34 heavy (non-hydrogen) atoms. The lowest BCUT2D eigenvalue weighted by Gasteiger charge is -2.34. The Bertz CT molecular complexity index is 1110. The number of carbonyl (C=O) groups excluding carboxylic acids is 2. The van der Waals surface area contributed by atoms with Crippen LogP contribution in [0.1, 0.15) is 17.7 Å². The van der Waals surface area contributed by atoms with E-state index >= 15 is 0 Å². The number of amides is 2. The summed E-state index contributed by atoms with van der Waals surface area (Å²) in [7, 11) is 1.64. The van der Waals surface area contributed by atoms with Gasteiger partial charge in [0, 0.05) is 38.7 Å². The summed E-state index contributed by atoms with van der Waals surface area (Å²) in [5.41, 5.74) is 1.12. The summed E-state index contributed by atoms with van der Waals surface area (Å²) in [5.74, 6) is 2.04. The van der Waals surface area contributed by atoms with Crippen LogP contribution in [0.4, 0.5) is 10.9 Å². The molecule has 180 valence electrons. The summed E-state index contributed by atoms with van der Waals surface area (Å²) in [6.07, 6.45) is 1.20. The molecule has 0 radical (unpaired) electrons. The number of ether oxygens (including phenoxy) is 1. The molecule has 10 nitrogen and oxygen atoms in total. The van der Waals surface area contributed by atoms with Gasteiger partial charge in [-0.2, -0.15) is 0 Å². The van der Waals surface area contributed by atoms with Gasteiger partial charge in [-0.25, -0.2) is 0 Å². The van der Waals surface area contributed by atoms with E-state index < -0.39 is 0 Å². The first-order chi connectivity index (χ1) is 16.5. The number of nitrogens with zero attached hydrogens (tertiary/aromatic N) is 5. The van der Waals surface area contributed by atoms with Crippen LogP contribution in [0.3, 0.4) is 0 Å². The van der Waals surface area contributed by atoms with Crippen molar-refractivity contribution in [3.05, 3.63) is 41.7 Å². The van der Waals surface area contributed by atoms with E-state index in [0.29, 0.717) is 50.6 Å². The molecule has 0 spiro atoms. The van der Waals surface area contributed by atoms with Crippen molar-refractivity contribution in [3.63, 3.8) is 0 Å². The molecule has 4 rings (SSSR count). The molecule has 3 heterocycles. The van der Waals surface area contributed by atoms with Crippen molar-refractivity contribution in [2.75, 3.05) is 49.3 Å². The molecule has 0 aliphatic carbocycles. The normalized spacial score (nSPS) is 13.7. The Hall–Kier alpha value is -3.12. The number of rotatable bonds is 9. The van der Waals surface area contributed by atoms with Gasteiger partial charge >= 0.3 is 0 Å². The zero-order valence-corrected chi connectivity index (χ0v) is 20.7. The summed E-state index contributed by atoms with van der Waals surface area (Å²) in [6, 6.07) is 9.48. The highest BCUT2D eigenvalue weighted by Crippen LogP contribution is 2.29. The average molecular weight is 503 g/mol. The van der Waals surface area contributed by atoms with Gasteiger partial charge < -0.3 is 24.4 Å². The van der Waals surface area contributed by atoms with Crippen LogP contribution in [0, 0.1) is 6.92 Å². The van der Waals surface area contributed by atoms with Crippen LogP contribution < -0.4 is 15.0 Å². The van der Waals surface area contributed by atoms with E-state index in [1.165, 1.54) is 23.1 Å². The summed E-state index contributed by atoms with van der Waals surface area (Å²) < 4.78 is 10.8. The highest BCUT2D eigenvalue weighted by Gasteiger charge is 2.23. The summed E-state index contributed by atoms with van der Waals surface area (Å²) >= 11 is 2.78. The third kappa shape index (κ3) is 6.48. The second-order valence-corrected chi connectivity index (χ2v) is 9.90. The van der Waals surface area contributed by atoms with Gasteiger partial charge in [-0.05, 0) is 31.0 Å². The fraction of sp³-hybridized carbons (Fsp3) is 0.409. The number of hydrogen-bond acceptors (Lipinski definition) is 10. The maximum absolute atomic E-state index is 12.6. The van der Waals surface area contributed by atoms with Gasteiger partial charge in [0.1, 0.15) is 11.5 Å². The number of benzene rings is 1. The van der Waals surface area contributed by atoms with Crippen molar-refractivity contribution in [2.24, 2.45) is 0 Å². The van der Waals surface area contributed by atoms with Gasteiger partial charge in [-0.15, -0.1) is 10.2 Å². The predicted octanol–water partition coefficient (Wildman–Crippen LogP) is 2.86. The lowest BCUT2D eigenvalue weighted by molar-refractivity contribution is -0.131. The van der Waals surface area contributed by atoms with Crippen LogP contribution in [-0.2, 0) is 16.0 Å². The predicted molar refractivity (Wildman–Crippen MR) is 131 cm³/mol. The van der Waals surface area contributed by atoms with Gasteiger partial charge in [0.05, 0.1) is 12.9 Å². The summed E-state index contributed by atoms with van der Waals surface area (Å²) in [6.45, 7) is 4.49. The zero-order chi connectivity index (χ0) is 23.9. The molecule has 1 fully saturated rings. The van der Waals surface area contributed by atoms with Crippen molar-refractivity contribution in [2.45, 2.75) is 24.1 Å². The molecule has 3 aromatic rings. The number of carbonyl (C=O) groups is 2. The van der Waals surface area contributed by atoms with E-state index in [1.807, 2.05) is 29.2 Å². The van der Waals surface area contributed by atoms with Crippen LogP contribution in [0.25, 0.3) is 0 Å². The van der Waals surface area contributed by atoms with Gasteiger partial charge in [-0.1, -0.05) is 40.4 Å². The molecule has 1 saturated heterocycles. The van der Waals surface area contributed by atoms with E-state index in [1.54, 1.807) is 20.1 Å². The molecule has 0 atom stereocenters. The molecule has 1 aromatic carbocycles. The number of aryl methyl sites for hydroxylation is 2. The van der Waals surface area contributed by atoms with Gasteiger partial charge in [0.2, 0.25) is 16.9 Å². The SMILES string of the molecule is COc1ccc(CCC(=O)N2CCN(c3nnc(SCC(=O)Nc4cc(C)on4)s3)CC2)cc1. The van der Waals surface area contributed by atoms with Gasteiger partial charge in [0.15, 0.2) is 10.2 Å². The second-order valence-electron chi connectivity index (χ2n) is 7.73. The fourth-order valence-electron chi connectivity index (χ4n) is 3.47. The van der Waals surface area contributed by atoms with Crippen molar-refractivity contribution < 1.29 is 18.8 Å². The third-order valence-electron chi connectivity index (χ3n) is 5.31. The fourth-order valence-corrected chi connectivity index (χ4v) is 5.16. The van der Waals surface area contributed by atoms with Crippen molar-refractivity contribution in [1.29, 1.82) is 0 Å². The first-order valence-corrected chi connectivity index (χ1v) is 12.7. The van der Waals surface area contributed by atoms with E-state index in [4.69, 9.17) is 9.26 Å². The second kappa shape index (κ2) is 11.3. The maximum atomic E-state index is 12.6. The molecule has 2 amide bonds. The maximum Gasteiger partial charge on any atom is 0.236 e. The smallest absolute Gasteiger partial charge is 0.236 e. The highest BCUT2D eigenvalue weighted by atomic mass is 32.2. The Morgan fingerprint density at radius 2 is 1.94 bits per heavy atom. The van der Waals surface area contributed by atoms with Crippen LogP contribution in [0.2, 0.25) is 0 Å². The molecular formula is C22H26N6O4S2. The Kier molecular flexibility index (Phi) is 8.01. The molecule has 0 unspecified atom stereocenters. The zero-order valence-electron chi connectivity index (χ0n) is 19.0. The minimum absolute atomic E-state index is 0.164. The van der Waals surface area contributed by atoms with Crippen molar-refractivity contribution in [1.82, 2.24) is 20.3 Å². The Labute approximate surface area is 205 Å². The number of anilines is 2. The molecule has 1 N–H and O–H groups in total. The Morgan fingerprint density at radius 1 is 1.18 bits per heavy atom. The van der Waals surface area contributed by atoms with Gasteiger partial charge in [-0.3, -0.25) is 9.59 Å². The van der Waals surface area contributed by atoms with Crippen molar-refractivity contribution in [3.8, 4) is 5.75 Å². The monoisotopic (exact) mass is 502 g/mol. The number of nitrogens with one attached hydrogen (secondary N) is 1. The highest BCUT2D eigenvalue weighted by molar-refractivity contribution is 8.01. The first-order valence-electron chi connectivity index (χ1n) is 10.9. The van der Waals surface area contributed by atoms with E-state index in [-0.39, 0.29) is 17.6 Å². The van der Waals surface area contributed by atoms with Crippen LogP contribution >= 0.6 is 23.1 Å². The Morgan fingerprint density at radius 3 is 2.62 bits per heavy atom. The third-order valence-corrected chi connectivity index (χ3v) is 7.42. The summed E-state index contributed by atoms with van der Waals surface area (Å²) in [4.78, 5) is 28.7. The van der Waals surface area contributed by atoms with Crippen LogP contribution in [0.15, 0.2) is 39.2 Å². The molecule has 0 bridgehead atoms. The number of piperazine rings is 1. The molecule has 0 saturated carbocycles. The molecular weight excluding hydrogens is 476 g/mol. The number of hydrogen-bond donors (Lipinski definition) is 1. The molecule has 1 aliphatic heterocycles. The van der Waals surface area contributed by atoms with Gasteiger partial charge in [0.25, 0.3) is 0 Å². The quantitative estimate of drug-likeness (QED) is 0.441. The molecule has 1 aliphatic rings. The number of methoxy groups -OCH3 is 1. The van der Waals surface area contributed by atoms with E-state index in [2.05, 4.69) is 25.6 Å². The standard InChI is InChI=1S/C22H26N6O4S2/c1-15-13-18(26-32-15)23-19(29)14-33-22-25-24-21(34-22)28-11-9-27(10-12-28)20(30)8-5-16-3-6-17(31-2)7-4-16/h3-4,6-7,13H,5,8-12,14H2,1-2H3,(H,23,26,29). The topological polar surface area (TPSA) is 114 Å². The molecule has 12 heteroatoms.